The van der Waals surface area contributed by atoms with E-state index in [9.17, 15) is 14.7 Å². The maximum Gasteiger partial charge on any atom is 0.312 e. The van der Waals surface area contributed by atoms with Gasteiger partial charge in [0.25, 0.3) is 0 Å². The summed E-state index contributed by atoms with van der Waals surface area (Å²) in [7, 11) is 0. The van der Waals surface area contributed by atoms with Gasteiger partial charge < -0.3 is 21.1 Å². The van der Waals surface area contributed by atoms with E-state index in [0.717, 1.165) is 12.8 Å². The molecule has 23 heavy (non-hydrogen) atoms. The van der Waals surface area contributed by atoms with Gasteiger partial charge in [0.2, 0.25) is 5.91 Å². The Morgan fingerprint density at radius 2 is 1.78 bits per heavy atom. The van der Waals surface area contributed by atoms with Crippen molar-refractivity contribution >= 4 is 11.9 Å². The number of phenolic OH excluding ortho intramolecular Hbond substituents is 1. The number of rotatable bonds is 4. The number of nitrogens with zero attached hydrogens (tertiary/aromatic N) is 1. The molecule has 1 atom stereocenters. The highest BCUT2D eigenvalue weighted by Crippen LogP contribution is 2.29. The first kappa shape index (κ1) is 17.1. The van der Waals surface area contributed by atoms with Crippen LogP contribution >= 0.6 is 0 Å². The van der Waals surface area contributed by atoms with Crippen molar-refractivity contribution in [3.63, 3.8) is 0 Å². The van der Waals surface area contributed by atoms with Crippen molar-refractivity contribution in [2.45, 2.75) is 38.6 Å². The minimum absolute atomic E-state index is 0.00942. The average molecular weight is 319 g/mol. The second-order valence-corrected chi connectivity index (χ2v) is 6.42. The fraction of sp³-hybridized carbons (Fsp3) is 0.529. The van der Waals surface area contributed by atoms with Gasteiger partial charge in [-0.15, -0.1) is 0 Å². The monoisotopic (exact) mass is 319 g/mol. The fourth-order valence-corrected chi connectivity index (χ4v) is 3.04. The summed E-state index contributed by atoms with van der Waals surface area (Å²) in [6, 6.07) is 6.01. The van der Waals surface area contributed by atoms with Crippen LogP contribution in [-0.2, 0) is 4.79 Å². The van der Waals surface area contributed by atoms with Gasteiger partial charge in [-0.25, -0.2) is 4.79 Å². The Kier molecular flexibility index (Phi) is 5.47. The molecule has 1 unspecified atom stereocenters. The van der Waals surface area contributed by atoms with Crippen LogP contribution in [0.1, 0.15) is 38.2 Å². The first-order chi connectivity index (χ1) is 10.9. The van der Waals surface area contributed by atoms with E-state index >= 15 is 0 Å². The highest BCUT2D eigenvalue weighted by molar-refractivity contribution is 5.86. The van der Waals surface area contributed by atoms with Gasteiger partial charge in [-0.05, 0) is 42.4 Å². The van der Waals surface area contributed by atoms with Crippen LogP contribution in [0.15, 0.2) is 24.3 Å². The molecule has 1 aromatic carbocycles. The maximum atomic E-state index is 12.6. The zero-order valence-electron chi connectivity index (χ0n) is 13.7. The number of likely N-dealkylation sites (tertiary alicyclic amines) is 1. The van der Waals surface area contributed by atoms with E-state index < -0.39 is 12.1 Å². The number of hydrogen-bond donors (Lipinski definition) is 3. The molecule has 3 amide bonds. The van der Waals surface area contributed by atoms with Crippen molar-refractivity contribution in [3.8, 4) is 5.75 Å². The molecule has 6 heteroatoms. The number of primary amides is 1. The van der Waals surface area contributed by atoms with Crippen molar-refractivity contribution in [1.82, 2.24) is 10.2 Å². The van der Waals surface area contributed by atoms with E-state index in [0.29, 0.717) is 19.0 Å². The highest BCUT2D eigenvalue weighted by Gasteiger charge is 2.31. The Morgan fingerprint density at radius 3 is 2.26 bits per heavy atom. The van der Waals surface area contributed by atoms with E-state index in [-0.39, 0.29) is 17.6 Å². The van der Waals surface area contributed by atoms with Crippen molar-refractivity contribution in [2.24, 2.45) is 11.7 Å². The number of piperidine rings is 1. The highest BCUT2D eigenvalue weighted by atomic mass is 16.3. The molecular formula is C17H25N3O3. The molecule has 6 nitrogen and oxygen atoms in total. The van der Waals surface area contributed by atoms with Crippen LogP contribution in [0.5, 0.6) is 5.75 Å². The number of urea groups is 1. The molecular weight excluding hydrogens is 294 g/mol. The second kappa shape index (κ2) is 7.35. The van der Waals surface area contributed by atoms with Gasteiger partial charge in [-0.1, -0.05) is 26.0 Å². The molecule has 1 fully saturated rings. The number of amides is 3. The van der Waals surface area contributed by atoms with Gasteiger partial charge in [0, 0.05) is 13.1 Å². The van der Waals surface area contributed by atoms with E-state index in [4.69, 9.17) is 5.73 Å². The minimum Gasteiger partial charge on any atom is -0.508 e. The number of hydrogen-bond acceptors (Lipinski definition) is 3. The molecule has 1 aromatic rings. The van der Waals surface area contributed by atoms with Crippen LogP contribution in [0, 0.1) is 5.92 Å². The van der Waals surface area contributed by atoms with Gasteiger partial charge >= 0.3 is 6.03 Å². The summed E-state index contributed by atoms with van der Waals surface area (Å²) in [6.45, 7) is 5.10. The van der Waals surface area contributed by atoms with Crippen LogP contribution in [0.4, 0.5) is 4.79 Å². The van der Waals surface area contributed by atoms with Crippen molar-refractivity contribution in [1.29, 1.82) is 0 Å². The first-order valence-corrected chi connectivity index (χ1v) is 8.02. The Balaban J connectivity index is 1.96. The van der Waals surface area contributed by atoms with Crippen molar-refractivity contribution in [2.75, 3.05) is 13.1 Å². The largest absolute Gasteiger partial charge is 0.508 e. The molecule has 0 bridgehead atoms. The topological polar surface area (TPSA) is 95.7 Å². The van der Waals surface area contributed by atoms with E-state index in [1.165, 1.54) is 5.56 Å². The summed E-state index contributed by atoms with van der Waals surface area (Å²) in [5, 5.41) is 11.9. The predicted molar refractivity (Wildman–Crippen MR) is 88.0 cm³/mol. The molecule has 1 heterocycles. The standard InChI is InChI=1S/C17H25N3O3/c1-11(2)15(19-17(18)23)16(22)20-9-7-13(8-10-20)12-3-5-14(21)6-4-12/h3-6,11,13,15,21H,7-10H2,1-2H3,(H3,18,19,23). The Bertz CT molecular complexity index is 549. The molecule has 1 aliphatic heterocycles. The molecule has 0 radical (unpaired) electrons. The number of nitrogens with one attached hydrogen (secondary N) is 1. The molecule has 0 aromatic heterocycles. The lowest BCUT2D eigenvalue weighted by atomic mass is 9.89. The lowest BCUT2D eigenvalue weighted by Crippen LogP contribution is -2.54. The molecule has 4 N–H and O–H groups in total. The number of benzene rings is 1. The summed E-state index contributed by atoms with van der Waals surface area (Å²) in [5.74, 6) is 0.577. The normalized spacial score (nSPS) is 17.1. The molecule has 0 aliphatic carbocycles. The SMILES string of the molecule is CC(C)C(NC(N)=O)C(=O)N1CCC(c2ccc(O)cc2)CC1. The smallest absolute Gasteiger partial charge is 0.312 e. The van der Waals surface area contributed by atoms with Crippen LogP contribution in [0.3, 0.4) is 0 Å². The molecule has 0 saturated carbocycles. The second-order valence-electron chi connectivity index (χ2n) is 6.42. The number of nitrogens with two attached hydrogens (primary N) is 1. The summed E-state index contributed by atoms with van der Waals surface area (Å²) in [5.41, 5.74) is 6.35. The first-order valence-electron chi connectivity index (χ1n) is 8.02. The molecule has 126 valence electrons. The van der Waals surface area contributed by atoms with Crippen molar-refractivity contribution < 1.29 is 14.7 Å². The Hall–Kier alpha value is -2.24. The van der Waals surface area contributed by atoms with Gasteiger partial charge in [0.15, 0.2) is 0 Å². The zero-order chi connectivity index (χ0) is 17.0. The minimum atomic E-state index is -0.670. The van der Waals surface area contributed by atoms with Crippen LogP contribution in [0.25, 0.3) is 0 Å². The van der Waals surface area contributed by atoms with Crippen LogP contribution < -0.4 is 11.1 Å². The van der Waals surface area contributed by atoms with Gasteiger partial charge in [0.05, 0.1) is 0 Å². The van der Waals surface area contributed by atoms with E-state index in [1.54, 1.807) is 17.0 Å². The lowest BCUT2D eigenvalue weighted by Gasteiger charge is -2.35. The third-order valence-corrected chi connectivity index (χ3v) is 4.40. The summed E-state index contributed by atoms with van der Waals surface area (Å²) in [6.07, 6.45) is 1.75. The predicted octanol–water partition coefficient (Wildman–Crippen LogP) is 1.79. The maximum absolute atomic E-state index is 12.6. The zero-order valence-corrected chi connectivity index (χ0v) is 13.7. The van der Waals surface area contributed by atoms with Crippen LogP contribution in [-0.4, -0.2) is 41.1 Å². The quantitative estimate of drug-likeness (QED) is 0.789. The third-order valence-electron chi connectivity index (χ3n) is 4.40. The van der Waals surface area contributed by atoms with Crippen molar-refractivity contribution in [3.05, 3.63) is 29.8 Å². The Morgan fingerprint density at radius 1 is 1.22 bits per heavy atom. The van der Waals surface area contributed by atoms with E-state index in [1.807, 2.05) is 26.0 Å². The fourth-order valence-electron chi connectivity index (χ4n) is 3.04. The third kappa shape index (κ3) is 4.37. The summed E-state index contributed by atoms with van der Waals surface area (Å²) < 4.78 is 0. The van der Waals surface area contributed by atoms with E-state index in [2.05, 4.69) is 5.32 Å². The van der Waals surface area contributed by atoms with Gasteiger partial charge in [0.1, 0.15) is 11.8 Å². The number of phenols is 1. The number of carbonyl (C=O) groups excluding carboxylic acids is 2. The molecule has 0 spiro atoms. The molecule has 1 saturated heterocycles. The van der Waals surface area contributed by atoms with Gasteiger partial charge in [-0.3, -0.25) is 4.79 Å². The molecule has 2 rings (SSSR count). The molecule has 1 aliphatic rings. The summed E-state index contributed by atoms with van der Waals surface area (Å²) >= 11 is 0. The lowest BCUT2D eigenvalue weighted by molar-refractivity contribution is -0.135. The Labute approximate surface area is 136 Å². The number of aromatic hydroxyl groups is 1. The number of carbonyl (C=O) groups is 2. The summed E-state index contributed by atoms with van der Waals surface area (Å²) in [4.78, 5) is 25.5. The van der Waals surface area contributed by atoms with Gasteiger partial charge in [-0.2, -0.15) is 0 Å². The average Bonchev–Trinajstić information content (AvgIpc) is 2.52. The van der Waals surface area contributed by atoms with Crippen LogP contribution in [0.2, 0.25) is 0 Å².